The Morgan fingerprint density at radius 3 is 2.48 bits per heavy atom. The summed E-state index contributed by atoms with van der Waals surface area (Å²) in [6.45, 7) is 4.20. The number of hydrogen-bond acceptors (Lipinski definition) is 6. The van der Waals surface area contributed by atoms with Crippen molar-refractivity contribution in [2.75, 3.05) is 42.5 Å². The van der Waals surface area contributed by atoms with Crippen molar-refractivity contribution in [3.63, 3.8) is 0 Å². The Labute approximate surface area is 226 Å². The van der Waals surface area contributed by atoms with Crippen molar-refractivity contribution in [2.24, 2.45) is 0 Å². The van der Waals surface area contributed by atoms with Crippen molar-refractivity contribution >= 4 is 107 Å². The highest BCUT2D eigenvalue weighted by Crippen LogP contribution is 2.40. The second kappa shape index (κ2) is 9.14. The van der Waals surface area contributed by atoms with Gasteiger partial charge in [-0.1, -0.05) is 0 Å². The minimum atomic E-state index is -0.0794. The lowest BCUT2D eigenvalue weighted by Gasteiger charge is -2.38. The van der Waals surface area contributed by atoms with Gasteiger partial charge in [-0.25, -0.2) is 9.97 Å². The molecule has 2 aliphatic rings. The van der Waals surface area contributed by atoms with Crippen LogP contribution in [-0.2, 0) is 4.79 Å². The van der Waals surface area contributed by atoms with E-state index in [2.05, 4.69) is 101 Å². The van der Waals surface area contributed by atoms with Crippen molar-refractivity contribution in [1.29, 1.82) is 0 Å². The fourth-order valence-electron chi connectivity index (χ4n) is 4.01. The molecule has 1 amide bonds. The van der Waals surface area contributed by atoms with Crippen molar-refractivity contribution < 1.29 is 4.79 Å². The highest BCUT2D eigenvalue weighted by atomic mass is 127. The van der Waals surface area contributed by atoms with E-state index in [1.54, 1.807) is 11.3 Å². The van der Waals surface area contributed by atoms with E-state index in [-0.39, 0.29) is 5.47 Å². The second-order valence-electron chi connectivity index (χ2n) is 7.71. The molecular weight excluding hydrogens is 751 g/mol. The third-order valence-corrected chi connectivity index (χ3v) is 8.80. The Morgan fingerprint density at radius 2 is 1.81 bits per heavy atom. The summed E-state index contributed by atoms with van der Waals surface area (Å²) in [4.78, 5) is 28.7. The van der Waals surface area contributed by atoms with E-state index in [0.717, 1.165) is 51.9 Å². The summed E-state index contributed by atoms with van der Waals surface area (Å²) in [5, 5.41) is 0.966. The SMILES string of the molecule is O=C1CN(C(I)(I)I)CCN1c1ccc2nc(-c3ccc(N4CCCC4)nc3)sc2c1. The van der Waals surface area contributed by atoms with Crippen LogP contribution in [0.5, 0.6) is 0 Å². The van der Waals surface area contributed by atoms with Gasteiger partial charge in [-0.2, -0.15) is 0 Å². The molecule has 1 aromatic carbocycles. The maximum atomic E-state index is 12.8. The molecule has 162 valence electrons. The topological polar surface area (TPSA) is 52.6 Å². The number of carbonyl (C=O) groups is 1. The molecule has 10 heteroatoms. The van der Waals surface area contributed by atoms with Gasteiger partial charge in [0.25, 0.3) is 0 Å². The number of fused-ring (bicyclic) bond motifs is 1. The van der Waals surface area contributed by atoms with Gasteiger partial charge in [0, 0.05) is 43.6 Å². The number of carbonyl (C=O) groups excluding carboxylic acids is 1. The number of alkyl halides is 3. The molecule has 2 fully saturated rings. The van der Waals surface area contributed by atoms with Crippen LogP contribution in [0.25, 0.3) is 20.8 Å². The van der Waals surface area contributed by atoms with Crippen LogP contribution in [-0.4, -0.2) is 53.1 Å². The van der Waals surface area contributed by atoms with E-state index in [9.17, 15) is 4.79 Å². The Hall–Kier alpha value is -0.320. The van der Waals surface area contributed by atoms with Crippen LogP contribution < -0.4 is 9.80 Å². The second-order valence-corrected chi connectivity index (χ2v) is 19.6. The molecule has 0 radical (unpaired) electrons. The first-order chi connectivity index (χ1) is 14.9. The smallest absolute Gasteiger partial charge is 0.241 e. The molecule has 0 N–H and O–H groups in total. The molecule has 6 nitrogen and oxygen atoms in total. The van der Waals surface area contributed by atoms with E-state index >= 15 is 0 Å². The highest BCUT2D eigenvalue weighted by Gasteiger charge is 2.34. The fraction of sp³-hybridized carbons (Fsp3) is 0.381. The molecule has 0 bridgehead atoms. The highest BCUT2D eigenvalue weighted by molar-refractivity contribution is 14.3. The minimum absolute atomic E-state index is 0.0794. The number of anilines is 2. The summed E-state index contributed by atoms with van der Waals surface area (Å²) in [7, 11) is 0. The fourth-order valence-corrected chi connectivity index (χ4v) is 6.24. The first-order valence-electron chi connectivity index (χ1n) is 10.1. The molecule has 3 aromatic rings. The number of piperazine rings is 1. The lowest BCUT2D eigenvalue weighted by Crippen LogP contribution is -2.53. The van der Waals surface area contributed by atoms with Crippen LogP contribution in [0.1, 0.15) is 12.8 Å². The van der Waals surface area contributed by atoms with Crippen molar-refractivity contribution in [2.45, 2.75) is 12.4 Å². The number of aromatic nitrogens is 2. The molecular formula is C21H20I3N5OS. The predicted octanol–water partition coefficient (Wildman–Crippen LogP) is 5.52. The molecule has 0 unspecified atom stereocenters. The molecule has 5 rings (SSSR count). The summed E-state index contributed by atoms with van der Waals surface area (Å²) in [5.74, 6) is 1.20. The van der Waals surface area contributed by atoms with Crippen molar-refractivity contribution in [1.82, 2.24) is 14.9 Å². The number of pyridine rings is 1. The maximum Gasteiger partial charge on any atom is 0.241 e. The number of hydrogen-bond donors (Lipinski definition) is 0. The van der Waals surface area contributed by atoms with Gasteiger partial charge in [-0.15, -0.1) is 11.3 Å². The first-order valence-corrected chi connectivity index (χ1v) is 14.2. The lowest BCUT2D eigenvalue weighted by molar-refractivity contribution is -0.121. The summed E-state index contributed by atoms with van der Waals surface area (Å²) in [6, 6.07) is 10.4. The van der Waals surface area contributed by atoms with Crippen molar-refractivity contribution in [3.8, 4) is 10.6 Å². The zero-order chi connectivity index (χ0) is 21.6. The van der Waals surface area contributed by atoms with Crippen LogP contribution in [0.2, 0.25) is 0 Å². The van der Waals surface area contributed by atoms with Gasteiger partial charge in [0.1, 0.15) is 10.8 Å². The van der Waals surface area contributed by atoms with Crippen LogP contribution in [0.3, 0.4) is 0 Å². The normalized spacial score (nSPS) is 18.4. The van der Waals surface area contributed by atoms with Gasteiger partial charge in [-0.3, -0.25) is 9.69 Å². The minimum Gasteiger partial charge on any atom is -0.357 e. The molecule has 4 heterocycles. The maximum absolute atomic E-state index is 12.8. The van der Waals surface area contributed by atoms with Gasteiger partial charge in [-0.05, 0) is 111 Å². The standard InChI is InChI=1S/C21H20I3N5OS/c22-21(23,24)28-9-10-29(19(30)13-28)15-4-5-16-17(11-15)31-20(26-16)14-3-6-18(25-12-14)27-7-1-2-8-27/h3-6,11-12H,1-2,7-10,13H2. The number of thiazole rings is 1. The third-order valence-electron chi connectivity index (χ3n) is 5.69. The number of nitrogens with zero attached hydrogens (tertiary/aromatic N) is 5. The average molecular weight is 771 g/mol. The third kappa shape index (κ3) is 4.82. The zero-order valence-electron chi connectivity index (χ0n) is 16.6. The van der Waals surface area contributed by atoms with Gasteiger partial charge < -0.3 is 9.80 Å². The van der Waals surface area contributed by atoms with Gasteiger partial charge in [0.15, 0.2) is -0.441 Å². The molecule has 2 saturated heterocycles. The van der Waals surface area contributed by atoms with E-state index < -0.39 is 0 Å². The Balaban J connectivity index is 1.36. The average Bonchev–Trinajstić information content (AvgIpc) is 3.43. The molecule has 0 aliphatic carbocycles. The van der Waals surface area contributed by atoms with Gasteiger partial charge in [0.05, 0.1) is 16.8 Å². The van der Waals surface area contributed by atoms with Crippen LogP contribution in [0, 0.1) is 0 Å². The molecule has 2 aromatic heterocycles. The molecule has 0 saturated carbocycles. The van der Waals surface area contributed by atoms with Crippen molar-refractivity contribution in [3.05, 3.63) is 36.5 Å². The number of rotatable bonds is 4. The largest absolute Gasteiger partial charge is 0.357 e. The van der Waals surface area contributed by atoms with E-state index in [1.165, 1.54) is 12.8 Å². The Kier molecular flexibility index (Phi) is 6.63. The molecule has 31 heavy (non-hydrogen) atoms. The first kappa shape index (κ1) is 22.5. The quantitative estimate of drug-likeness (QED) is 0.199. The molecule has 2 aliphatic heterocycles. The van der Waals surface area contributed by atoms with Crippen LogP contribution in [0.4, 0.5) is 11.5 Å². The number of halogens is 3. The number of benzene rings is 1. The Morgan fingerprint density at radius 1 is 1.00 bits per heavy atom. The van der Waals surface area contributed by atoms with Crippen LogP contribution >= 0.6 is 79.1 Å². The van der Waals surface area contributed by atoms with Crippen LogP contribution in [0.15, 0.2) is 36.5 Å². The molecule has 0 spiro atoms. The van der Waals surface area contributed by atoms with E-state index in [4.69, 9.17) is 4.98 Å². The summed E-state index contributed by atoms with van der Waals surface area (Å²) in [6.07, 6.45) is 4.42. The van der Waals surface area contributed by atoms with E-state index in [0.29, 0.717) is 13.1 Å². The predicted molar refractivity (Wildman–Crippen MR) is 153 cm³/mol. The van der Waals surface area contributed by atoms with E-state index in [1.807, 2.05) is 23.2 Å². The number of amides is 1. The lowest BCUT2D eigenvalue weighted by atomic mass is 10.2. The summed E-state index contributed by atoms with van der Waals surface area (Å²) >= 11 is 8.78. The van der Waals surface area contributed by atoms with Gasteiger partial charge >= 0.3 is 0 Å². The van der Waals surface area contributed by atoms with Gasteiger partial charge in [0.2, 0.25) is 5.91 Å². The zero-order valence-corrected chi connectivity index (χ0v) is 23.9. The summed E-state index contributed by atoms with van der Waals surface area (Å²) < 4.78 is 1.02. The molecule has 0 atom stereocenters. The monoisotopic (exact) mass is 771 g/mol. The Bertz CT molecular complexity index is 1110. The summed E-state index contributed by atoms with van der Waals surface area (Å²) in [5.41, 5.74) is 2.96.